The van der Waals surface area contributed by atoms with Crippen molar-refractivity contribution < 1.29 is 45.4 Å². The summed E-state index contributed by atoms with van der Waals surface area (Å²) in [7, 11) is 2.58. The van der Waals surface area contributed by atoms with Crippen molar-refractivity contribution in [3.63, 3.8) is 0 Å². The number of hydrogen-bond acceptors (Lipinski definition) is 7. The molecule has 3 heterocycles. The van der Waals surface area contributed by atoms with Gasteiger partial charge in [0.2, 0.25) is 0 Å². The van der Waals surface area contributed by atoms with E-state index >= 15 is 0 Å². The molecule has 0 aliphatic heterocycles. The largest absolute Gasteiger partial charge is 0.494 e. The molecule has 10 nitrogen and oxygen atoms in total. The van der Waals surface area contributed by atoms with E-state index in [2.05, 4.69) is 15.0 Å². The number of hydrogen-bond donors (Lipinski definition) is 1. The van der Waals surface area contributed by atoms with E-state index in [1.807, 2.05) is 0 Å². The van der Waals surface area contributed by atoms with E-state index in [4.69, 9.17) is 9.47 Å². The molecule has 0 radical (unpaired) electrons. The lowest BCUT2D eigenvalue weighted by Gasteiger charge is -2.33. The summed E-state index contributed by atoms with van der Waals surface area (Å²) in [5.74, 6) is -0.824. The summed E-state index contributed by atoms with van der Waals surface area (Å²) < 4.78 is 95.2. The molecule has 39 heavy (non-hydrogen) atoms. The molecule has 2 amide bonds. The van der Waals surface area contributed by atoms with Gasteiger partial charge in [0, 0.05) is 37.1 Å². The minimum atomic E-state index is -5.15. The van der Waals surface area contributed by atoms with Crippen molar-refractivity contribution in [1.82, 2.24) is 29.6 Å². The van der Waals surface area contributed by atoms with Crippen LogP contribution in [0.2, 0.25) is 0 Å². The SMILES string of the molecule is CCN(C(=O)NC(CC(C)=O)C(F)(F)F)[C@@H](c1cc(-c2cn3ccnc3c(OC)n2)c(OC)cn1)C(F)(F)F. The first kappa shape index (κ1) is 29.4. The van der Waals surface area contributed by atoms with E-state index in [9.17, 15) is 35.9 Å². The molecule has 0 bridgehead atoms. The third-order valence-corrected chi connectivity index (χ3v) is 5.61. The quantitative estimate of drug-likeness (QED) is 0.386. The molecule has 0 saturated heterocycles. The number of imidazole rings is 1. The summed E-state index contributed by atoms with van der Waals surface area (Å²) >= 11 is 0. The van der Waals surface area contributed by atoms with Crippen LogP contribution in [-0.2, 0) is 4.79 Å². The Kier molecular flexibility index (Phi) is 8.55. The number of halogens is 6. The molecule has 1 unspecified atom stereocenters. The van der Waals surface area contributed by atoms with E-state index in [1.165, 1.54) is 36.3 Å². The average Bonchev–Trinajstić information content (AvgIpc) is 3.33. The molecule has 212 valence electrons. The first-order valence-electron chi connectivity index (χ1n) is 11.3. The van der Waals surface area contributed by atoms with Crippen LogP contribution in [-0.4, -0.2) is 75.2 Å². The molecule has 2 atom stereocenters. The smallest absolute Gasteiger partial charge is 0.414 e. The molecule has 0 saturated carbocycles. The highest BCUT2D eigenvalue weighted by atomic mass is 19.4. The molecule has 0 aliphatic rings. The van der Waals surface area contributed by atoms with Crippen LogP contribution in [0.25, 0.3) is 16.9 Å². The third kappa shape index (κ3) is 6.49. The number of Topliss-reactive ketones (excluding diaryl/α,β-unsaturated/α-hetero) is 1. The first-order valence-corrected chi connectivity index (χ1v) is 11.3. The standard InChI is InChI=1S/C23H24F6N6O4/c1-5-35(21(37)33-17(8-12(2)36)22(24,25)26)18(23(27,28)29)14-9-13(16(38-3)10-31-14)15-11-34-7-6-30-19(34)20(32-15)39-4/h6-7,9-11,17-18H,5,8H2,1-4H3,(H,33,37)/t17?,18-/m0/s1. The monoisotopic (exact) mass is 562 g/mol. The number of methoxy groups -OCH3 is 2. The van der Waals surface area contributed by atoms with Crippen molar-refractivity contribution in [3.05, 3.63) is 36.5 Å². The van der Waals surface area contributed by atoms with Crippen molar-refractivity contribution >= 4 is 17.5 Å². The second-order valence-corrected chi connectivity index (χ2v) is 8.28. The number of ketones is 1. The fourth-order valence-electron chi connectivity index (χ4n) is 3.86. The molecule has 0 aliphatic carbocycles. The second kappa shape index (κ2) is 11.3. The van der Waals surface area contributed by atoms with Gasteiger partial charge >= 0.3 is 18.4 Å². The van der Waals surface area contributed by atoms with Gasteiger partial charge in [-0.15, -0.1) is 0 Å². The maximum Gasteiger partial charge on any atom is 0.414 e. The number of pyridine rings is 1. The van der Waals surface area contributed by atoms with Crippen molar-refractivity contribution in [2.45, 2.75) is 44.7 Å². The van der Waals surface area contributed by atoms with Crippen LogP contribution in [0.15, 0.2) is 30.9 Å². The summed E-state index contributed by atoms with van der Waals surface area (Å²) in [5.41, 5.74) is -0.241. The Balaban J connectivity index is 2.10. The van der Waals surface area contributed by atoms with Crippen LogP contribution < -0.4 is 14.8 Å². The molecular weight excluding hydrogens is 538 g/mol. The van der Waals surface area contributed by atoms with Crippen LogP contribution in [0.4, 0.5) is 31.1 Å². The number of aromatic nitrogens is 4. The number of urea groups is 1. The van der Waals surface area contributed by atoms with Crippen LogP contribution >= 0.6 is 0 Å². The van der Waals surface area contributed by atoms with E-state index in [1.54, 1.807) is 6.20 Å². The lowest BCUT2D eigenvalue weighted by atomic mass is 10.1. The maximum absolute atomic E-state index is 14.4. The van der Waals surface area contributed by atoms with Gasteiger partial charge in [-0.25, -0.2) is 14.8 Å². The van der Waals surface area contributed by atoms with Crippen molar-refractivity contribution in [1.29, 1.82) is 0 Å². The van der Waals surface area contributed by atoms with Gasteiger partial charge in [-0.3, -0.25) is 9.78 Å². The van der Waals surface area contributed by atoms with Gasteiger partial charge < -0.3 is 24.1 Å². The summed E-state index contributed by atoms with van der Waals surface area (Å²) in [6.45, 7) is 1.39. The fraction of sp³-hybridized carbons (Fsp3) is 0.435. The van der Waals surface area contributed by atoms with Crippen molar-refractivity contribution in [2.24, 2.45) is 0 Å². The Morgan fingerprint density at radius 3 is 2.33 bits per heavy atom. The third-order valence-electron chi connectivity index (χ3n) is 5.61. The number of nitrogens with one attached hydrogen (secondary N) is 1. The van der Waals surface area contributed by atoms with Gasteiger partial charge in [-0.1, -0.05) is 0 Å². The molecule has 3 aromatic rings. The number of amides is 2. The number of nitrogens with zero attached hydrogens (tertiary/aromatic N) is 5. The topological polar surface area (TPSA) is 111 Å². The number of fused-ring (bicyclic) bond motifs is 1. The van der Waals surface area contributed by atoms with Crippen LogP contribution in [0.1, 0.15) is 32.0 Å². The minimum Gasteiger partial charge on any atom is -0.494 e. The second-order valence-electron chi connectivity index (χ2n) is 8.28. The van der Waals surface area contributed by atoms with Crippen molar-refractivity contribution in [2.75, 3.05) is 20.8 Å². The molecule has 1 N–H and O–H groups in total. The van der Waals surface area contributed by atoms with Crippen LogP contribution in [0, 0.1) is 0 Å². The zero-order valence-corrected chi connectivity index (χ0v) is 21.1. The van der Waals surface area contributed by atoms with E-state index < -0.39 is 54.9 Å². The summed E-state index contributed by atoms with van der Waals surface area (Å²) in [5, 5.41) is 1.51. The number of rotatable bonds is 9. The maximum atomic E-state index is 14.4. The highest BCUT2D eigenvalue weighted by Crippen LogP contribution is 2.40. The zero-order chi connectivity index (χ0) is 29.1. The van der Waals surface area contributed by atoms with E-state index in [0.717, 1.165) is 26.1 Å². The zero-order valence-electron chi connectivity index (χ0n) is 21.1. The number of carbonyl (C=O) groups excluding carboxylic acids is 2. The van der Waals surface area contributed by atoms with Gasteiger partial charge in [-0.2, -0.15) is 26.3 Å². The van der Waals surface area contributed by atoms with Gasteiger partial charge in [-0.05, 0) is 19.9 Å². The van der Waals surface area contributed by atoms with Gasteiger partial charge in [0.15, 0.2) is 11.7 Å². The number of carbonyl (C=O) groups is 2. The predicted octanol–water partition coefficient (Wildman–Crippen LogP) is 4.35. The summed E-state index contributed by atoms with van der Waals surface area (Å²) in [4.78, 5) is 36.4. The van der Waals surface area contributed by atoms with Gasteiger partial charge in [0.05, 0.1) is 31.8 Å². The number of alkyl halides is 6. The Morgan fingerprint density at radius 1 is 1.10 bits per heavy atom. The lowest BCUT2D eigenvalue weighted by molar-refractivity contribution is -0.181. The predicted molar refractivity (Wildman–Crippen MR) is 124 cm³/mol. The fourth-order valence-corrected chi connectivity index (χ4v) is 3.86. The molecule has 3 aromatic heterocycles. The van der Waals surface area contributed by atoms with Crippen LogP contribution in [0.3, 0.4) is 0 Å². The van der Waals surface area contributed by atoms with E-state index in [-0.39, 0.29) is 27.8 Å². The highest BCUT2D eigenvalue weighted by molar-refractivity contribution is 5.79. The lowest BCUT2D eigenvalue weighted by Crippen LogP contribution is -2.54. The normalized spacial score (nSPS) is 13.6. The van der Waals surface area contributed by atoms with Crippen molar-refractivity contribution in [3.8, 4) is 22.9 Å². The molecule has 0 fully saturated rings. The Labute approximate surface area is 217 Å². The number of ether oxygens (including phenoxy) is 2. The van der Waals surface area contributed by atoms with Crippen LogP contribution in [0.5, 0.6) is 11.6 Å². The average molecular weight is 562 g/mol. The van der Waals surface area contributed by atoms with Gasteiger partial charge in [0.25, 0.3) is 5.88 Å². The Hall–Kier alpha value is -4.11. The molecule has 3 rings (SSSR count). The minimum absolute atomic E-state index is 0.0276. The summed E-state index contributed by atoms with van der Waals surface area (Å²) in [6, 6.07) is -6.13. The molecule has 0 aromatic carbocycles. The first-order chi connectivity index (χ1) is 18.2. The Morgan fingerprint density at radius 2 is 1.79 bits per heavy atom. The molecular formula is C23H24F6N6O4. The summed E-state index contributed by atoms with van der Waals surface area (Å²) in [6.07, 6.45) is -5.92. The highest BCUT2D eigenvalue weighted by Gasteiger charge is 2.49. The Bertz CT molecular complexity index is 1340. The molecule has 0 spiro atoms. The molecule has 16 heteroatoms. The van der Waals surface area contributed by atoms with Gasteiger partial charge in [0.1, 0.15) is 17.6 Å². The van der Waals surface area contributed by atoms with E-state index in [0.29, 0.717) is 5.65 Å².